The van der Waals surface area contributed by atoms with Gasteiger partial charge in [0.15, 0.2) is 11.6 Å². The van der Waals surface area contributed by atoms with E-state index in [1.54, 1.807) is 31.4 Å². The molecule has 1 amide bonds. The van der Waals surface area contributed by atoms with Crippen molar-refractivity contribution >= 4 is 28.2 Å². The Morgan fingerprint density at radius 2 is 2.00 bits per heavy atom. The van der Waals surface area contributed by atoms with Gasteiger partial charge in [0, 0.05) is 42.6 Å². The van der Waals surface area contributed by atoms with E-state index in [1.165, 1.54) is 12.3 Å². The molecule has 0 aliphatic carbocycles. The molecule has 0 bridgehead atoms. The van der Waals surface area contributed by atoms with Crippen LogP contribution in [0, 0.1) is 17.2 Å². The van der Waals surface area contributed by atoms with Gasteiger partial charge in [0.1, 0.15) is 5.70 Å². The predicted molar refractivity (Wildman–Crippen MR) is 124 cm³/mol. The van der Waals surface area contributed by atoms with Crippen LogP contribution in [0.25, 0.3) is 16.6 Å². The Morgan fingerprint density at radius 1 is 1.26 bits per heavy atom. The average Bonchev–Trinajstić information content (AvgIpc) is 3.29. The van der Waals surface area contributed by atoms with E-state index in [2.05, 4.69) is 15.4 Å². The number of methoxy groups -OCH3 is 1. The molecule has 2 aromatic carbocycles. The number of pyridine rings is 1. The maximum atomic E-state index is 13.6. The summed E-state index contributed by atoms with van der Waals surface area (Å²) < 4.78 is 32.2. The van der Waals surface area contributed by atoms with E-state index in [4.69, 9.17) is 10.3 Å². The first-order valence-corrected chi connectivity index (χ1v) is 10.7. The van der Waals surface area contributed by atoms with Crippen LogP contribution in [0.5, 0.6) is 0 Å². The van der Waals surface area contributed by atoms with E-state index >= 15 is 0 Å². The monoisotopic (exact) mass is 467 g/mol. The van der Waals surface area contributed by atoms with Gasteiger partial charge in [-0.1, -0.05) is 0 Å². The molecule has 1 aliphatic rings. The minimum atomic E-state index is -1.07. The molecule has 8 nitrogen and oxygen atoms in total. The predicted octanol–water partition coefficient (Wildman–Crippen LogP) is 4.50. The van der Waals surface area contributed by atoms with Gasteiger partial charge in [-0.2, -0.15) is 5.11 Å². The molecule has 0 saturated carbocycles. The molecule has 1 aromatic heterocycles. The summed E-state index contributed by atoms with van der Waals surface area (Å²) in [5.41, 5.74) is 8.16. The Bertz CT molecular complexity index is 1320. The first-order valence-electron chi connectivity index (χ1n) is 10.7. The zero-order chi connectivity index (χ0) is 24.2. The van der Waals surface area contributed by atoms with E-state index in [0.717, 1.165) is 25.0 Å². The first kappa shape index (κ1) is 23.2. The van der Waals surface area contributed by atoms with Gasteiger partial charge >= 0.3 is 0 Å². The minimum Gasteiger partial charge on any atom is -0.383 e. The Hall–Kier alpha value is -3.92. The van der Waals surface area contributed by atoms with Crippen molar-refractivity contribution in [1.82, 2.24) is 9.88 Å². The molecule has 2 heterocycles. The van der Waals surface area contributed by atoms with Crippen LogP contribution in [-0.4, -0.2) is 42.1 Å². The van der Waals surface area contributed by atoms with Crippen molar-refractivity contribution in [2.24, 2.45) is 5.11 Å². The van der Waals surface area contributed by atoms with Crippen molar-refractivity contribution in [3.63, 3.8) is 0 Å². The summed E-state index contributed by atoms with van der Waals surface area (Å²) in [6, 6.07) is 10.1. The van der Waals surface area contributed by atoms with Gasteiger partial charge in [0.25, 0.3) is 11.5 Å². The number of rotatable bonds is 7. The van der Waals surface area contributed by atoms with Gasteiger partial charge < -0.3 is 19.9 Å². The summed E-state index contributed by atoms with van der Waals surface area (Å²) in [4.78, 5) is 29.6. The van der Waals surface area contributed by atoms with Crippen LogP contribution in [0.1, 0.15) is 28.8 Å². The van der Waals surface area contributed by atoms with Gasteiger partial charge in [-0.25, -0.2) is 14.3 Å². The molecule has 34 heavy (non-hydrogen) atoms. The molecule has 176 valence electrons. The molecule has 10 heteroatoms. The first-order chi connectivity index (χ1) is 16.4. The number of hydrogen-bond acceptors (Lipinski definition) is 6. The number of aromatic amines is 1. The molecule has 1 aliphatic heterocycles. The zero-order valence-corrected chi connectivity index (χ0v) is 18.4. The third-order valence-corrected chi connectivity index (χ3v) is 5.79. The van der Waals surface area contributed by atoms with Gasteiger partial charge in [0.05, 0.1) is 23.7 Å². The summed E-state index contributed by atoms with van der Waals surface area (Å²) in [6.07, 6.45) is 3.22. The largest absolute Gasteiger partial charge is 0.383 e. The Kier molecular flexibility index (Phi) is 6.78. The van der Waals surface area contributed by atoms with Crippen LogP contribution in [0.3, 0.4) is 0 Å². The molecular weight excluding hydrogens is 444 g/mol. The number of carbonyl (C=O) groups is 1. The van der Waals surface area contributed by atoms with E-state index in [9.17, 15) is 18.4 Å². The highest BCUT2D eigenvalue weighted by molar-refractivity contribution is 5.95. The number of likely N-dealkylation sites (tertiary alicyclic amines) is 1. The third kappa shape index (κ3) is 4.72. The maximum Gasteiger partial charge on any atom is 0.258 e. The summed E-state index contributed by atoms with van der Waals surface area (Å²) in [5.74, 6) is -2.18. The summed E-state index contributed by atoms with van der Waals surface area (Å²) >= 11 is 0. The number of ether oxygens (including phenoxy) is 1. The average molecular weight is 467 g/mol. The second-order valence-electron chi connectivity index (χ2n) is 7.98. The van der Waals surface area contributed by atoms with Crippen molar-refractivity contribution < 1.29 is 18.3 Å². The maximum absolute atomic E-state index is 13.6. The Balaban J connectivity index is 1.53. The van der Waals surface area contributed by atoms with Crippen molar-refractivity contribution in [2.75, 3.05) is 25.6 Å². The molecule has 3 N–H and O–H groups in total. The number of carbonyl (C=O) groups excluding carboxylic acids is 1. The number of halogens is 2. The van der Waals surface area contributed by atoms with Crippen LogP contribution >= 0.6 is 0 Å². The second kappa shape index (κ2) is 9.92. The van der Waals surface area contributed by atoms with Gasteiger partial charge in [-0.05, 0) is 49.2 Å². The smallest absolute Gasteiger partial charge is 0.258 e. The summed E-state index contributed by atoms with van der Waals surface area (Å²) in [5, 5.41) is 6.60. The lowest BCUT2D eigenvalue weighted by Crippen LogP contribution is -2.38. The van der Waals surface area contributed by atoms with Crippen LogP contribution < -0.4 is 10.9 Å². The number of fused-ring (bicyclic) bond motifs is 1. The summed E-state index contributed by atoms with van der Waals surface area (Å²) in [6.45, 7) is 1.20. The van der Waals surface area contributed by atoms with E-state index in [0.29, 0.717) is 24.4 Å². The molecule has 0 radical (unpaired) electrons. The highest BCUT2D eigenvalue weighted by atomic mass is 19.2. The van der Waals surface area contributed by atoms with Crippen LogP contribution in [0.4, 0.5) is 14.5 Å². The minimum absolute atomic E-state index is 0.00693. The fourth-order valence-corrected chi connectivity index (χ4v) is 4.06. The number of amides is 1. The number of hydrogen-bond donors (Lipinski definition) is 3. The standard InChI is InChI=1S/C24H23F2N5O3/c1-34-13-17-3-2-8-31(17)24(33)14-4-6-16(7-5-14)28-12-22(30-27)18-9-15-10-19(25)20(26)11-21(15)29-23(18)32/h4-7,9-12,17,27-28H,2-3,8,13H2,1H3,(H,29,32)/b22-12-,30-27?/t17-/m1/s1. The number of aromatic nitrogens is 1. The molecular formula is C24H23F2N5O3. The van der Waals surface area contributed by atoms with E-state index in [1.807, 2.05) is 4.90 Å². The normalized spacial score (nSPS) is 16.1. The van der Waals surface area contributed by atoms with Crippen molar-refractivity contribution in [2.45, 2.75) is 18.9 Å². The van der Waals surface area contributed by atoms with Gasteiger partial charge in [-0.3, -0.25) is 9.59 Å². The molecule has 1 fully saturated rings. The summed E-state index contributed by atoms with van der Waals surface area (Å²) in [7, 11) is 1.62. The van der Waals surface area contributed by atoms with Crippen molar-refractivity contribution in [3.05, 3.63) is 81.8 Å². The van der Waals surface area contributed by atoms with Gasteiger partial charge in [0.2, 0.25) is 0 Å². The van der Waals surface area contributed by atoms with E-state index < -0.39 is 17.2 Å². The fourth-order valence-electron chi connectivity index (χ4n) is 4.06. The molecule has 1 saturated heterocycles. The highest BCUT2D eigenvalue weighted by Gasteiger charge is 2.29. The van der Waals surface area contributed by atoms with Crippen LogP contribution in [0.15, 0.2) is 58.6 Å². The van der Waals surface area contributed by atoms with Gasteiger partial charge in [-0.15, -0.1) is 0 Å². The molecule has 0 spiro atoms. The molecule has 0 unspecified atom stereocenters. The number of benzene rings is 2. The second-order valence-corrected chi connectivity index (χ2v) is 7.98. The number of anilines is 1. The number of nitrogens with zero attached hydrogens (tertiary/aromatic N) is 2. The van der Waals surface area contributed by atoms with Crippen molar-refractivity contribution in [1.29, 1.82) is 5.53 Å². The molecule has 4 rings (SSSR count). The van der Waals surface area contributed by atoms with Crippen molar-refractivity contribution in [3.8, 4) is 0 Å². The lowest BCUT2D eigenvalue weighted by Gasteiger charge is -2.24. The highest BCUT2D eigenvalue weighted by Crippen LogP contribution is 2.23. The fraction of sp³-hybridized carbons (Fsp3) is 0.250. The topological polar surface area (TPSA) is 111 Å². The lowest BCUT2D eigenvalue weighted by atomic mass is 10.1. The SMILES string of the molecule is COC[C@H]1CCCN1C(=O)c1ccc(N/C=C(\N=N)c2cc3cc(F)c(F)cc3[nH]c2=O)cc1. The molecule has 1 atom stereocenters. The zero-order valence-electron chi connectivity index (χ0n) is 18.4. The number of nitrogens with one attached hydrogen (secondary N) is 3. The Labute approximate surface area is 193 Å². The number of H-pyrrole nitrogens is 1. The Morgan fingerprint density at radius 3 is 2.71 bits per heavy atom. The third-order valence-electron chi connectivity index (χ3n) is 5.79. The molecule has 3 aromatic rings. The van der Waals surface area contributed by atoms with Crippen LogP contribution in [0.2, 0.25) is 0 Å². The quantitative estimate of drug-likeness (QED) is 0.444. The van der Waals surface area contributed by atoms with E-state index in [-0.39, 0.29) is 34.1 Å². The lowest BCUT2D eigenvalue weighted by molar-refractivity contribution is 0.0630. The van der Waals surface area contributed by atoms with Crippen LogP contribution in [-0.2, 0) is 4.74 Å².